The number of benzene rings is 1. The topological polar surface area (TPSA) is 91.8 Å². The van der Waals surface area contributed by atoms with E-state index < -0.39 is 5.97 Å². The Morgan fingerprint density at radius 2 is 1.85 bits per heavy atom. The van der Waals surface area contributed by atoms with E-state index in [0.29, 0.717) is 36.8 Å². The number of hydrogen-bond acceptors (Lipinski definition) is 4. The molecule has 2 amide bonds. The molecule has 0 unspecified atom stereocenters. The molecule has 1 heterocycles. The zero-order chi connectivity index (χ0) is 23.3. The second-order valence-electron chi connectivity index (χ2n) is 7.74. The highest BCUT2D eigenvalue weighted by molar-refractivity contribution is 5.90. The van der Waals surface area contributed by atoms with Gasteiger partial charge in [-0.1, -0.05) is 44.7 Å². The zero-order valence-electron chi connectivity index (χ0n) is 19.8. The molecule has 182 valence electrons. The number of carboxylic acids is 1. The first-order valence-electron chi connectivity index (χ1n) is 11.4. The third kappa shape index (κ3) is 9.30. The smallest absolute Gasteiger partial charge is 0.322 e. The van der Waals surface area contributed by atoms with Gasteiger partial charge in [-0.2, -0.15) is 0 Å². The third-order valence-electron chi connectivity index (χ3n) is 5.19. The summed E-state index contributed by atoms with van der Waals surface area (Å²) >= 11 is 0. The number of aliphatic carboxylic acids is 1. The van der Waals surface area contributed by atoms with Crippen LogP contribution >= 0.6 is 12.4 Å². The van der Waals surface area contributed by atoms with Crippen LogP contribution in [0.3, 0.4) is 0 Å². The number of nitrogens with zero attached hydrogens (tertiary/aromatic N) is 2. The first-order chi connectivity index (χ1) is 15.5. The summed E-state index contributed by atoms with van der Waals surface area (Å²) in [5, 5.41) is 11.9. The first kappa shape index (κ1) is 28.2. The highest BCUT2D eigenvalue weighted by atomic mass is 35.5. The van der Waals surface area contributed by atoms with Gasteiger partial charge >= 0.3 is 12.0 Å². The molecule has 0 spiro atoms. The van der Waals surface area contributed by atoms with Crippen molar-refractivity contribution in [2.45, 2.75) is 58.8 Å². The molecule has 0 bridgehead atoms. The Morgan fingerprint density at radius 3 is 2.55 bits per heavy atom. The van der Waals surface area contributed by atoms with Crippen LogP contribution in [0.2, 0.25) is 0 Å². The lowest BCUT2D eigenvalue weighted by molar-refractivity contribution is -0.136. The molecule has 8 heteroatoms. The van der Waals surface area contributed by atoms with Crippen molar-refractivity contribution >= 4 is 30.2 Å². The van der Waals surface area contributed by atoms with Crippen LogP contribution in [0.4, 0.5) is 10.6 Å². The molecule has 0 saturated heterocycles. The van der Waals surface area contributed by atoms with Crippen LogP contribution in [0.1, 0.15) is 57.9 Å². The lowest BCUT2D eigenvalue weighted by Gasteiger charge is -2.18. The van der Waals surface area contributed by atoms with Crippen molar-refractivity contribution in [2.24, 2.45) is 0 Å². The van der Waals surface area contributed by atoms with E-state index in [-0.39, 0.29) is 24.9 Å². The van der Waals surface area contributed by atoms with E-state index in [2.05, 4.69) is 17.2 Å². The summed E-state index contributed by atoms with van der Waals surface area (Å²) in [6.07, 6.45) is 6.22. The van der Waals surface area contributed by atoms with Gasteiger partial charge in [0.15, 0.2) is 0 Å². The molecule has 0 fully saturated rings. The molecular weight excluding hydrogens is 442 g/mol. The highest BCUT2D eigenvalue weighted by Crippen LogP contribution is 2.31. The molecule has 7 nitrogen and oxygen atoms in total. The molecule has 0 aliphatic rings. The minimum atomic E-state index is -0.830. The van der Waals surface area contributed by atoms with E-state index >= 15 is 0 Å². The molecule has 0 radical (unpaired) electrons. The van der Waals surface area contributed by atoms with Crippen molar-refractivity contribution in [1.29, 1.82) is 0 Å². The number of halogens is 1. The van der Waals surface area contributed by atoms with Crippen LogP contribution in [-0.4, -0.2) is 42.3 Å². The van der Waals surface area contributed by atoms with Gasteiger partial charge in [0.25, 0.3) is 0 Å². The molecule has 0 atom stereocenters. The van der Waals surface area contributed by atoms with Gasteiger partial charge in [0.2, 0.25) is 0 Å². The molecule has 1 aromatic carbocycles. The Kier molecular flexibility index (Phi) is 12.9. The lowest BCUT2D eigenvalue weighted by Crippen LogP contribution is -2.38. The Balaban J connectivity index is 0.00000544. The first-order valence-corrected chi connectivity index (χ1v) is 11.4. The number of ether oxygens (including phenoxy) is 1. The Labute approximate surface area is 203 Å². The number of carbonyl (C=O) groups is 2. The van der Waals surface area contributed by atoms with Crippen LogP contribution < -0.4 is 15.0 Å². The largest absolute Gasteiger partial charge is 0.493 e. The van der Waals surface area contributed by atoms with E-state index in [4.69, 9.17) is 9.84 Å². The molecule has 0 saturated carbocycles. The SMILES string of the molecule is CCCCCCCNC(=O)N(C)c1cccc(-c2ccc(CCC(=O)O)cc2OCC)n1.Cl. The number of carboxylic acid groups (broad SMARTS) is 1. The summed E-state index contributed by atoms with van der Waals surface area (Å²) in [6, 6.07) is 11.0. The predicted molar refractivity (Wildman–Crippen MR) is 135 cm³/mol. The van der Waals surface area contributed by atoms with Crippen LogP contribution in [0.25, 0.3) is 11.3 Å². The summed E-state index contributed by atoms with van der Waals surface area (Å²) in [5.74, 6) is 0.367. The van der Waals surface area contributed by atoms with E-state index in [9.17, 15) is 9.59 Å². The number of unbranched alkanes of at least 4 members (excludes halogenated alkanes) is 4. The molecule has 0 aliphatic carbocycles. The molecule has 2 rings (SSSR count). The van der Waals surface area contributed by atoms with Crippen LogP contribution in [0.15, 0.2) is 36.4 Å². The fourth-order valence-corrected chi connectivity index (χ4v) is 3.37. The van der Waals surface area contributed by atoms with Crippen LogP contribution in [-0.2, 0) is 11.2 Å². The monoisotopic (exact) mass is 477 g/mol. The fraction of sp³-hybridized carbons (Fsp3) is 0.480. The fourth-order valence-electron chi connectivity index (χ4n) is 3.37. The van der Waals surface area contributed by atoms with Crippen molar-refractivity contribution in [3.05, 3.63) is 42.0 Å². The Bertz CT molecular complexity index is 892. The number of rotatable bonds is 13. The van der Waals surface area contributed by atoms with E-state index in [1.165, 1.54) is 24.2 Å². The Morgan fingerprint density at radius 1 is 1.09 bits per heavy atom. The summed E-state index contributed by atoms with van der Waals surface area (Å²) < 4.78 is 5.80. The second kappa shape index (κ2) is 15.1. The summed E-state index contributed by atoms with van der Waals surface area (Å²) in [4.78, 5) is 29.6. The number of pyridine rings is 1. The summed E-state index contributed by atoms with van der Waals surface area (Å²) in [5.41, 5.74) is 2.39. The van der Waals surface area contributed by atoms with E-state index in [1.807, 2.05) is 37.3 Å². The standard InChI is InChI=1S/C25H35N3O4.ClH/c1-4-6-7-8-9-17-26-25(31)28(3)23-12-10-11-21(27-23)20-15-13-19(14-16-24(29)30)18-22(20)32-5-2;/h10-13,15,18H,4-9,14,16-17H2,1-3H3,(H,26,31)(H,29,30);1H. The van der Waals surface area contributed by atoms with Crippen molar-refractivity contribution in [1.82, 2.24) is 10.3 Å². The minimum absolute atomic E-state index is 0. The number of carbonyl (C=O) groups excluding carboxylic acids is 1. The number of nitrogens with one attached hydrogen (secondary N) is 1. The Hall–Kier alpha value is -2.80. The maximum atomic E-state index is 12.5. The maximum Gasteiger partial charge on any atom is 0.322 e. The van der Waals surface area contributed by atoms with Gasteiger partial charge in [-0.15, -0.1) is 12.4 Å². The predicted octanol–water partition coefficient (Wildman–Crippen LogP) is 5.70. The summed E-state index contributed by atoms with van der Waals surface area (Å²) in [7, 11) is 1.71. The van der Waals surface area contributed by atoms with Crippen LogP contribution in [0, 0.1) is 0 Å². The highest BCUT2D eigenvalue weighted by Gasteiger charge is 2.15. The van der Waals surface area contributed by atoms with Crippen LogP contribution in [0.5, 0.6) is 5.75 Å². The lowest BCUT2D eigenvalue weighted by atomic mass is 10.0. The molecule has 33 heavy (non-hydrogen) atoms. The third-order valence-corrected chi connectivity index (χ3v) is 5.19. The normalized spacial score (nSPS) is 10.3. The summed E-state index contributed by atoms with van der Waals surface area (Å²) in [6.45, 7) is 5.22. The molecule has 2 N–H and O–H groups in total. The van der Waals surface area contributed by atoms with Crippen molar-refractivity contribution in [3.63, 3.8) is 0 Å². The zero-order valence-corrected chi connectivity index (χ0v) is 20.6. The number of aryl methyl sites for hydroxylation is 1. The van der Waals surface area contributed by atoms with E-state index in [1.54, 1.807) is 13.1 Å². The maximum absolute atomic E-state index is 12.5. The van der Waals surface area contributed by atoms with Gasteiger partial charge in [-0.3, -0.25) is 9.69 Å². The number of urea groups is 1. The van der Waals surface area contributed by atoms with Crippen molar-refractivity contribution in [2.75, 3.05) is 25.1 Å². The van der Waals surface area contributed by atoms with Gasteiger partial charge in [0, 0.05) is 25.6 Å². The minimum Gasteiger partial charge on any atom is -0.493 e. The number of anilines is 1. The quantitative estimate of drug-likeness (QED) is 0.361. The molecule has 0 aliphatic heterocycles. The number of aromatic nitrogens is 1. The second-order valence-corrected chi connectivity index (χ2v) is 7.74. The van der Waals surface area contributed by atoms with Crippen molar-refractivity contribution in [3.8, 4) is 17.0 Å². The van der Waals surface area contributed by atoms with E-state index in [0.717, 1.165) is 24.0 Å². The van der Waals surface area contributed by atoms with Gasteiger partial charge in [-0.25, -0.2) is 9.78 Å². The number of hydrogen-bond donors (Lipinski definition) is 2. The van der Waals surface area contributed by atoms with Crippen molar-refractivity contribution < 1.29 is 19.4 Å². The average molecular weight is 478 g/mol. The number of amides is 2. The molecule has 2 aromatic rings. The van der Waals surface area contributed by atoms with Gasteiger partial charge in [-0.05, 0) is 49.6 Å². The molecular formula is C25H36ClN3O4. The average Bonchev–Trinajstić information content (AvgIpc) is 2.79. The van der Waals surface area contributed by atoms with Gasteiger partial charge in [0.05, 0.1) is 12.3 Å². The van der Waals surface area contributed by atoms with Gasteiger partial charge in [0.1, 0.15) is 11.6 Å². The molecule has 1 aromatic heterocycles. The van der Waals surface area contributed by atoms with Gasteiger partial charge < -0.3 is 15.2 Å².